The first kappa shape index (κ1) is 17.0. The first-order chi connectivity index (χ1) is 8.62. The van der Waals surface area contributed by atoms with Gasteiger partial charge >= 0.3 is 0 Å². The number of sulfone groups is 1. The van der Waals surface area contributed by atoms with Crippen molar-refractivity contribution >= 4 is 9.84 Å². The fourth-order valence-electron chi connectivity index (χ4n) is 2.75. The molecule has 0 saturated heterocycles. The van der Waals surface area contributed by atoms with Crippen LogP contribution in [-0.4, -0.2) is 31.5 Å². The molecule has 114 valence electrons. The molecular formula is C15H31NO2S. The molecule has 1 rings (SSSR count). The van der Waals surface area contributed by atoms with Gasteiger partial charge in [-0.25, -0.2) is 8.42 Å². The van der Waals surface area contributed by atoms with Crippen molar-refractivity contribution in [1.29, 1.82) is 0 Å². The molecule has 1 aliphatic rings. The number of hydrogen-bond donors (Lipinski definition) is 1. The summed E-state index contributed by atoms with van der Waals surface area (Å²) in [5, 5.41) is 3.33. The SMILES string of the molecule is CC(C)S(=O)(=O)CCC1CCCC1CNC(C)(C)C. The van der Waals surface area contributed by atoms with Gasteiger partial charge < -0.3 is 5.32 Å². The van der Waals surface area contributed by atoms with Crippen LogP contribution < -0.4 is 5.32 Å². The zero-order valence-electron chi connectivity index (χ0n) is 13.2. The Bertz CT molecular complexity index is 368. The molecular weight excluding hydrogens is 258 g/mol. The summed E-state index contributed by atoms with van der Waals surface area (Å²) < 4.78 is 23.8. The summed E-state index contributed by atoms with van der Waals surface area (Å²) in [6.07, 6.45) is 4.54. The third kappa shape index (κ3) is 5.82. The van der Waals surface area contributed by atoms with Crippen LogP contribution in [0.5, 0.6) is 0 Å². The van der Waals surface area contributed by atoms with E-state index in [0.29, 0.717) is 17.6 Å². The Labute approximate surface area is 119 Å². The van der Waals surface area contributed by atoms with Crippen molar-refractivity contribution in [2.75, 3.05) is 12.3 Å². The van der Waals surface area contributed by atoms with Crippen molar-refractivity contribution in [2.45, 2.75) is 71.1 Å². The minimum Gasteiger partial charge on any atom is -0.312 e. The maximum atomic E-state index is 11.9. The fourth-order valence-corrected chi connectivity index (χ4v) is 3.85. The summed E-state index contributed by atoms with van der Waals surface area (Å²) in [6, 6.07) is 0. The van der Waals surface area contributed by atoms with Gasteiger partial charge in [0.15, 0.2) is 9.84 Å². The van der Waals surface area contributed by atoms with Crippen LogP contribution in [0, 0.1) is 11.8 Å². The van der Waals surface area contributed by atoms with Gasteiger partial charge in [0.05, 0.1) is 11.0 Å². The Kier molecular flexibility index (Phi) is 5.87. The second kappa shape index (κ2) is 6.57. The maximum Gasteiger partial charge on any atom is 0.152 e. The van der Waals surface area contributed by atoms with Crippen molar-refractivity contribution < 1.29 is 8.42 Å². The van der Waals surface area contributed by atoms with E-state index in [4.69, 9.17) is 0 Å². The van der Waals surface area contributed by atoms with E-state index in [-0.39, 0.29) is 10.8 Å². The van der Waals surface area contributed by atoms with Crippen LogP contribution in [0.3, 0.4) is 0 Å². The molecule has 4 heteroatoms. The molecule has 0 aromatic heterocycles. The molecule has 0 bridgehead atoms. The lowest BCUT2D eigenvalue weighted by atomic mass is 9.92. The zero-order chi connectivity index (χ0) is 14.7. The van der Waals surface area contributed by atoms with E-state index >= 15 is 0 Å². The van der Waals surface area contributed by atoms with Gasteiger partial charge in [-0.15, -0.1) is 0 Å². The number of hydrogen-bond acceptors (Lipinski definition) is 3. The number of nitrogens with one attached hydrogen (secondary N) is 1. The summed E-state index contributed by atoms with van der Waals surface area (Å²) in [5.74, 6) is 1.60. The third-order valence-corrected chi connectivity index (χ3v) is 6.44. The zero-order valence-corrected chi connectivity index (χ0v) is 14.0. The van der Waals surface area contributed by atoms with Crippen molar-refractivity contribution in [3.05, 3.63) is 0 Å². The first-order valence-electron chi connectivity index (χ1n) is 7.58. The summed E-state index contributed by atoms with van der Waals surface area (Å²) in [6.45, 7) is 11.1. The van der Waals surface area contributed by atoms with Gasteiger partial charge in [-0.05, 0) is 65.8 Å². The monoisotopic (exact) mass is 289 g/mol. The smallest absolute Gasteiger partial charge is 0.152 e. The normalized spacial score (nSPS) is 25.2. The topological polar surface area (TPSA) is 46.2 Å². The average molecular weight is 289 g/mol. The molecule has 1 fully saturated rings. The molecule has 0 aliphatic heterocycles. The van der Waals surface area contributed by atoms with Crippen molar-refractivity contribution in [2.24, 2.45) is 11.8 Å². The number of rotatable bonds is 6. The van der Waals surface area contributed by atoms with E-state index in [1.807, 2.05) is 0 Å². The standard InChI is InChI=1S/C15H31NO2S/c1-12(2)19(17,18)10-9-13-7-6-8-14(13)11-16-15(3,4)5/h12-14,16H,6-11H2,1-5H3. The van der Waals surface area contributed by atoms with Crippen LogP contribution in [0.25, 0.3) is 0 Å². The van der Waals surface area contributed by atoms with E-state index in [1.165, 1.54) is 19.3 Å². The van der Waals surface area contributed by atoms with Gasteiger partial charge in [0, 0.05) is 5.54 Å². The summed E-state index contributed by atoms with van der Waals surface area (Å²) in [4.78, 5) is 0. The Balaban J connectivity index is 2.45. The molecule has 0 spiro atoms. The molecule has 1 N–H and O–H groups in total. The molecule has 0 aromatic rings. The maximum absolute atomic E-state index is 11.9. The predicted molar refractivity (Wildman–Crippen MR) is 82.1 cm³/mol. The molecule has 0 radical (unpaired) electrons. The molecule has 19 heavy (non-hydrogen) atoms. The van der Waals surface area contributed by atoms with Crippen LogP contribution in [0.1, 0.15) is 60.3 Å². The molecule has 0 amide bonds. The van der Waals surface area contributed by atoms with Crippen LogP contribution >= 0.6 is 0 Å². The second-order valence-electron chi connectivity index (χ2n) is 7.29. The summed E-state index contributed by atoms with van der Waals surface area (Å²) >= 11 is 0. The minimum absolute atomic E-state index is 0.150. The van der Waals surface area contributed by atoms with E-state index in [2.05, 4.69) is 26.1 Å². The Hall–Kier alpha value is -0.0900. The van der Waals surface area contributed by atoms with Gasteiger partial charge in [-0.3, -0.25) is 0 Å². The lowest BCUT2D eigenvalue weighted by molar-refractivity contribution is 0.313. The van der Waals surface area contributed by atoms with E-state index in [1.54, 1.807) is 13.8 Å². The highest BCUT2D eigenvalue weighted by molar-refractivity contribution is 7.91. The summed E-state index contributed by atoms with van der Waals surface area (Å²) in [5.41, 5.74) is 0.150. The molecule has 0 heterocycles. The Morgan fingerprint density at radius 1 is 1.16 bits per heavy atom. The third-order valence-electron chi connectivity index (χ3n) is 4.20. The van der Waals surface area contributed by atoms with Crippen molar-refractivity contribution in [3.8, 4) is 0 Å². The second-order valence-corrected chi connectivity index (χ2v) is 9.96. The predicted octanol–water partition coefficient (Wildman–Crippen LogP) is 3.00. The van der Waals surface area contributed by atoms with Crippen LogP contribution in [0.2, 0.25) is 0 Å². The fraction of sp³-hybridized carbons (Fsp3) is 1.00. The van der Waals surface area contributed by atoms with E-state index < -0.39 is 9.84 Å². The average Bonchev–Trinajstić information content (AvgIpc) is 2.70. The lowest BCUT2D eigenvalue weighted by Crippen LogP contribution is -2.40. The lowest BCUT2D eigenvalue weighted by Gasteiger charge is -2.26. The van der Waals surface area contributed by atoms with Crippen molar-refractivity contribution in [1.82, 2.24) is 5.32 Å². The van der Waals surface area contributed by atoms with E-state index in [9.17, 15) is 8.42 Å². The highest BCUT2D eigenvalue weighted by Gasteiger charge is 2.29. The van der Waals surface area contributed by atoms with Crippen LogP contribution in [0.4, 0.5) is 0 Å². The molecule has 2 unspecified atom stereocenters. The van der Waals surface area contributed by atoms with Crippen LogP contribution in [-0.2, 0) is 9.84 Å². The molecule has 3 nitrogen and oxygen atoms in total. The minimum atomic E-state index is -2.87. The van der Waals surface area contributed by atoms with Gasteiger partial charge in [0.2, 0.25) is 0 Å². The molecule has 1 saturated carbocycles. The molecule has 2 atom stereocenters. The highest BCUT2D eigenvalue weighted by Crippen LogP contribution is 2.34. The first-order valence-corrected chi connectivity index (χ1v) is 9.30. The largest absolute Gasteiger partial charge is 0.312 e. The Morgan fingerprint density at radius 2 is 1.74 bits per heavy atom. The Morgan fingerprint density at radius 3 is 2.26 bits per heavy atom. The summed E-state index contributed by atoms with van der Waals surface area (Å²) in [7, 11) is -2.87. The van der Waals surface area contributed by atoms with Gasteiger partial charge in [0.1, 0.15) is 0 Å². The molecule has 0 aromatic carbocycles. The highest BCUT2D eigenvalue weighted by atomic mass is 32.2. The van der Waals surface area contributed by atoms with Crippen molar-refractivity contribution in [3.63, 3.8) is 0 Å². The van der Waals surface area contributed by atoms with E-state index in [0.717, 1.165) is 13.0 Å². The molecule has 1 aliphatic carbocycles. The van der Waals surface area contributed by atoms with Gasteiger partial charge in [0.25, 0.3) is 0 Å². The van der Waals surface area contributed by atoms with Crippen LogP contribution in [0.15, 0.2) is 0 Å². The van der Waals surface area contributed by atoms with Gasteiger partial charge in [-0.2, -0.15) is 0 Å². The quantitative estimate of drug-likeness (QED) is 0.817. The van der Waals surface area contributed by atoms with Gasteiger partial charge in [-0.1, -0.05) is 12.8 Å².